The number of hydrogen-bond acceptors (Lipinski definition) is 5. The van der Waals surface area contributed by atoms with Crippen LogP contribution in [0.4, 0.5) is 0 Å². The van der Waals surface area contributed by atoms with Gasteiger partial charge in [0.25, 0.3) is 0 Å². The van der Waals surface area contributed by atoms with Crippen molar-refractivity contribution in [2.24, 2.45) is 0 Å². The number of carbonyl (C=O) groups excluding carboxylic acids is 2. The zero-order chi connectivity index (χ0) is 12.0. The lowest BCUT2D eigenvalue weighted by molar-refractivity contribution is 0.0388. The van der Waals surface area contributed by atoms with Gasteiger partial charge in [-0.1, -0.05) is 12.1 Å². The second kappa shape index (κ2) is 7.54. The average Bonchev–Trinajstić information content (AvgIpc) is 2.29. The van der Waals surface area contributed by atoms with Crippen LogP contribution in [0, 0.1) is 0 Å². The van der Waals surface area contributed by atoms with Gasteiger partial charge >= 0.3 is 5.97 Å². The van der Waals surface area contributed by atoms with Gasteiger partial charge in [-0.15, -0.1) is 0 Å². The molecule has 0 unspecified atom stereocenters. The second-order valence-electron chi connectivity index (χ2n) is 3.26. The van der Waals surface area contributed by atoms with Crippen LogP contribution in [-0.2, 0) is 9.47 Å². The van der Waals surface area contributed by atoms with Crippen LogP contribution in [0.3, 0.4) is 0 Å². The lowest BCUT2D eigenvalue weighted by Gasteiger charge is -2.04. The van der Waals surface area contributed by atoms with Gasteiger partial charge < -0.3 is 15.6 Å². The Kier molecular flexibility index (Phi) is 6.77. The van der Waals surface area contributed by atoms with Crippen molar-refractivity contribution in [1.29, 1.82) is 0 Å². The molecule has 0 saturated carbocycles. The Morgan fingerprint density at radius 2 is 1.59 bits per heavy atom. The molecule has 5 heteroatoms. The van der Waals surface area contributed by atoms with Gasteiger partial charge in [0.05, 0.1) is 12.2 Å². The first-order chi connectivity index (χ1) is 7.65. The molecule has 3 N–H and O–H groups in total. The van der Waals surface area contributed by atoms with Crippen LogP contribution in [-0.4, -0.2) is 32.1 Å². The standard InChI is InChI=1S/C12H14O4.H3N/c1-9(13)10-3-5-11(6-4-10)12(14)16-8-7-15-2;/h3-6H,7-8H2,1-2H3;1H3. The summed E-state index contributed by atoms with van der Waals surface area (Å²) in [6, 6.07) is 6.36. The van der Waals surface area contributed by atoms with Crippen LogP contribution >= 0.6 is 0 Å². The van der Waals surface area contributed by atoms with Crippen LogP contribution in [0.1, 0.15) is 27.6 Å². The van der Waals surface area contributed by atoms with Gasteiger partial charge in [0, 0.05) is 12.7 Å². The molecule has 0 aliphatic rings. The van der Waals surface area contributed by atoms with Crippen LogP contribution < -0.4 is 6.15 Å². The van der Waals surface area contributed by atoms with Gasteiger partial charge in [-0.3, -0.25) is 4.79 Å². The summed E-state index contributed by atoms with van der Waals surface area (Å²) in [6.45, 7) is 2.08. The molecule has 5 nitrogen and oxygen atoms in total. The highest BCUT2D eigenvalue weighted by atomic mass is 16.6. The smallest absolute Gasteiger partial charge is 0.338 e. The molecule has 0 aliphatic heterocycles. The van der Waals surface area contributed by atoms with Crippen molar-refractivity contribution in [3.8, 4) is 0 Å². The Labute approximate surface area is 100 Å². The summed E-state index contributed by atoms with van der Waals surface area (Å²) in [5.41, 5.74) is 1.01. The van der Waals surface area contributed by atoms with Gasteiger partial charge in [-0.05, 0) is 19.1 Å². The molecule has 0 fully saturated rings. The van der Waals surface area contributed by atoms with E-state index in [1.807, 2.05) is 0 Å². The summed E-state index contributed by atoms with van der Waals surface area (Å²) in [5.74, 6) is -0.438. The van der Waals surface area contributed by atoms with E-state index in [4.69, 9.17) is 9.47 Å². The minimum atomic E-state index is -0.410. The Morgan fingerprint density at radius 1 is 1.06 bits per heavy atom. The van der Waals surface area contributed by atoms with Gasteiger partial charge in [-0.25, -0.2) is 4.79 Å². The van der Waals surface area contributed by atoms with Crippen LogP contribution in [0.2, 0.25) is 0 Å². The van der Waals surface area contributed by atoms with E-state index in [9.17, 15) is 9.59 Å². The molecule has 17 heavy (non-hydrogen) atoms. The van der Waals surface area contributed by atoms with E-state index in [2.05, 4.69) is 0 Å². The maximum atomic E-state index is 11.4. The van der Waals surface area contributed by atoms with E-state index in [0.717, 1.165) is 0 Å². The third kappa shape index (κ3) is 4.76. The molecule has 0 amide bonds. The Bertz CT molecular complexity index is 373. The third-order valence-electron chi connectivity index (χ3n) is 2.05. The minimum absolute atomic E-state index is 0. The van der Waals surface area contributed by atoms with Gasteiger partial charge in [-0.2, -0.15) is 0 Å². The lowest BCUT2D eigenvalue weighted by atomic mass is 10.1. The van der Waals surface area contributed by atoms with Crippen molar-refractivity contribution < 1.29 is 19.1 Å². The molecule has 1 aromatic carbocycles. The molecule has 1 aromatic rings. The first-order valence-electron chi connectivity index (χ1n) is 4.92. The first-order valence-corrected chi connectivity index (χ1v) is 4.92. The van der Waals surface area contributed by atoms with E-state index in [0.29, 0.717) is 17.7 Å². The summed E-state index contributed by atoms with van der Waals surface area (Å²) < 4.78 is 9.68. The predicted molar refractivity (Wildman–Crippen MR) is 63.6 cm³/mol. The number of Topliss-reactive ketones (excluding diaryl/α,β-unsaturated/α-hetero) is 1. The molecule has 0 radical (unpaired) electrons. The Hall–Kier alpha value is -1.72. The molecule has 0 bridgehead atoms. The second-order valence-corrected chi connectivity index (χ2v) is 3.26. The SMILES string of the molecule is COCCOC(=O)c1ccc(C(C)=O)cc1.N. The summed E-state index contributed by atoms with van der Waals surface area (Å²) in [4.78, 5) is 22.4. The van der Waals surface area contributed by atoms with Crippen LogP contribution in [0.25, 0.3) is 0 Å². The van der Waals surface area contributed by atoms with Crippen molar-refractivity contribution in [2.45, 2.75) is 6.92 Å². The zero-order valence-corrected chi connectivity index (χ0v) is 10.1. The topological polar surface area (TPSA) is 87.6 Å². The summed E-state index contributed by atoms with van der Waals surface area (Å²) in [5, 5.41) is 0. The Balaban J connectivity index is 0.00000256. The van der Waals surface area contributed by atoms with Crippen LogP contribution in [0.15, 0.2) is 24.3 Å². The van der Waals surface area contributed by atoms with Crippen molar-refractivity contribution >= 4 is 11.8 Å². The van der Waals surface area contributed by atoms with E-state index in [1.165, 1.54) is 14.0 Å². The minimum Gasteiger partial charge on any atom is -0.460 e. The number of rotatable bonds is 5. The molecular formula is C12H17NO4. The number of methoxy groups -OCH3 is 1. The highest BCUT2D eigenvalue weighted by Crippen LogP contribution is 2.06. The first kappa shape index (κ1) is 15.3. The molecule has 0 heterocycles. The quantitative estimate of drug-likeness (QED) is 0.481. The third-order valence-corrected chi connectivity index (χ3v) is 2.05. The normalized spacial score (nSPS) is 9.29. The monoisotopic (exact) mass is 239 g/mol. The number of esters is 1. The molecule has 0 saturated heterocycles. The largest absolute Gasteiger partial charge is 0.460 e. The highest BCUT2D eigenvalue weighted by Gasteiger charge is 2.07. The molecule has 0 aromatic heterocycles. The average molecular weight is 239 g/mol. The molecular weight excluding hydrogens is 222 g/mol. The number of hydrogen-bond donors (Lipinski definition) is 1. The number of carbonyl (C=O) groups is 2. The highest BCUT2D eigenvalue weighted by molar-refractivity contribution is 5.96. The van der Waals surface area contributed by atoms with Gasteiger partial charge in [0.2, 0.25) is 0 Å². The number of ether oxygens (including phenoxy) is 2. The van der Waals surface area contributed by atoms with E-state index >= 15 is 0 Å². The fourth-order valence-electron chi connectivity index (χ4n) is 1.14. The summed E-state index contributed by atoms with van der Waals surface area (Å²) >= 11 is 0. The van der Waals surface area contributed by atoms with Crippen molar-refractivity contribution in [1.82, 2.24) is 6.15 Å². The van der Waals surface area contributed by atoms with Gasteiger partial charge in [0.1, 0.15) is 6.61 Å². The molecule has 1 rings (SSSR count). The summed E-state index contributed by atoms with van der Waals surface area (Å²) in [6.07, 6.45) is 0. The van der Waals surface area contributed by atoms with E-state index < -0.39 is 5.97 Å². The number of benzene rings is 1. The maximum Gasteiger partial charge on any atom is 0.338 e. The van der Waals surface area contributed by atoms with Crippen LogP contribution in [0.5, 0.6) is 0 Å². The molecule has 94 valence electrons. The van der Waals surface area contributed by atoms with E-state index in [1.54, 1.807) is 24.3 Å². The van der Waals surface area contributed by atoms with E-state index in [-0.39, 0.29) is 18.5 Å². The van der Waals surface area contributed by atoms with Crippen molar-refractivity contribution in [2.75, 3.05) is 20.3 Å². The Morgan fingerprint density at radius 3 is 2.06 bits per heavy atom. The predicted octanol–water partition coefficient (Wildman–Crippen LogP) is 1.85. The molecule has 0 atom stereocenters. The van der Waals surface area contributed by atoms with Crippen molar-refractivity contribution in [3.05, 3.63) is 35.4 Å². The lowest BCUT2D eigenvalue weighted by Crippen LogP contribution is -2.10. The maximum absolute atomic E-state index is 11.4. The van der Waals surface area contributed by atoms with Gasteiger partial charge in [0.15, 0.2) is 5.78 Å². The molecule has 0 spiro atoms. The fraction of sp³-hybridized carbons (Fsp3) is 0.333. The molecule has 0 aliphatic carbocycles. The van der Waals surface area contributed by atoms with Crippen molar-refractivity contribution in [3.63, 3.8) is 0 Å². The zero-order valence-electron chi connectivity index (χ0n) is 10.1. The summed E-state index contributed by atoms with van der Waals surface area (Å²) in [7, 11) is 1.54. The fourth-order valence-corrected chi connectivity index (χ4v) is 1.14. The number of ketones is 1.